The second-order valence-electron chi connectivity index (χ2n) is 3.79. The van der Waals surface area contributed by atoms with Gasteiger partial charge in [0.05, 0.1) is 0 Å². The van der Waals surface area contributed by atoms with Gasteiger partial charge in [-0.25, -0.2) is 0 Å². The molecule has 1 aromatic carbocycles. The van der Waals surface area contributed by atoms with Crippen molar-refractivity contribution in [3.63, 3.8) is 0 Å². The molecule has 3 N–H and O–H groups in total. The van der Waals surface area contributed by atoms with Crippen LogP contribution in [-0.4, -0.2) is 6.54 Å². The second kappa shape index (κ2) is 4.70. The topological polar surface area (TPSA) is 38.0 Å². The number of aryl methyl sites for hydroxylation is 1. The first-order valence-electron chi connectivity index (χ1n) is 4.82. The molecule has 0 amide bonds. The van der Waals surface area contributed by atoms with Gasteiger partial charge in [0.2, 0.25) is 0 Å². The van der Waals surface area contributed by atoms with Gasteiger partial charge in [-0.3, -0.25) is 0 Å². The van der Waals surface area contributed by atoms with Crippen molar-refractivity contribution in [3.05, 3.63) is 35.4 Å². The first-order chi connectivity index (χ1) is 6.58. The molecule has 0 aliphatic carbocycles. The Morgan fingerprint density at radius 2 is 2.07 bits per heavy atom. The number of benzene rings is 1. The molecular weight excluding hydrogens is 172 g/mol. The molecule has 0 aliphatic heterocycles. The normalized spacial score (nSPS) is 9.64. The van der Waals surface area contributed by atoms with Crippen molar-refractivity contribution in [2.75, 3.05) is 17.6 Å². The summed E-state index contributed by atoms with van der Waals surface area (Å²) in [6.45, 7) is 7.08. The summed E-state index contributed by atoms with van der Waals surface area (Å²) in [4.78, 5) is 0. The second-order valence-corrected chi connectivity index (χ2v) is 3.79. The fourth-order valence-electron chi connectivity index (χ4n) is 1.29. The maximum absolute atomic E-state index is 5.74. The number of allylic oxidation sites excluding steroid dienone is 1. The zero-order valence-electron chi connectivity index (χ0n) is 9.09. The van der Waals surface area contributed by atoms with E-state index in [4.69, 9.17) is 5.73 Å². The van der Waals surface area contributed by atoms with E-state index in [1.54, 1.807) is 0 Å². The van der Waals surface area contributed by atoms with Crippen LogP contribution in [0.25, 0.3) is 0 Å². The highest BCUT2D eigenvalue weighted by Crippen LogP contribution is 2.15. The van der Waals surface area contributed by atoms with Gasteiger partial charge >= 0.3 is 0 Å². The van der Waals surface area contributed by atoms with Gasteiger partial charge in [-0.2, -0.15) is 0 Å². The number of anilines is 2. The molecule has 14 heavy (non-hydrogen) atoms. The van der Waals surface area contributed by atoms with Crippen LogP contribution >= 0.6 is 0 Å². The third kappa shape index (κ3) is 3.52. The molecule has 2 heteroatoms. The van der Waals surface area contributed by atoms with E-state index in [9.17, 15) is 0 Å². The van der Waals surface area contributed by atoms with E-state index in [0.29, 0.717) is 0 Å². The van der Waals surface area contributed by atoms with Crippen LogP contribution in [0.3, 0.4) is 0 Å². The molecule has 0 unspecified atom stereocenters. The zero-order valence-corrected chi connectivity index (χ0v) is 9.09. The van der Waals surface area contributed by atoms with E-state index < -0.39 is 0 Å². The zero-order chi connectivity index (χ0) is 10.6. The molecule has 76 valence electrons. The molecule has 0 aliphatic rings. The summed E-state index contributed by atoms with van der Waals surface area (Å²) in [6, 6.07) is 6.01. The number of hydrogen-bond donors (Lipinski definition) is 2. The monoisotopic (exact) mass is 190 g/mol. The van der Waals surface area contributed by atoms with Crippen LogP contribution in [0.1, 0.15) is 19.4 Å². The molecule has 0 atom stereocenters. The highest BCUT2D eigenvalue weighted by Gasteiger charge is 1.93. The summed E-state index contributed by atoms with van der Waals surface area (Å²) in [5.41, 5.74) is 10.1. The lowest BCUT2D eigenvalue weighted by Crippen LogP contribution is -2.00. The fraction of sp³-hybridized carbons (Fsp3) is 0.333. The Morgan fingerprint density at radius 3 is 2.64 bits per heavy atom. The SMILES string of the molecule is CC(C)=CCNc1cc(C)cc(N)c1. The largest absolute Gasteiger partial charge is 0.399 e. The van der Waals surface area contributed by atoms with Crippen LogP contribution in [0.5, 0.6) is 0 Å². The average Bonchev–Trinajstić information content (AvgIpc) is 2.01. The molecule has 0 spiro atoms. The Bertz CT molecular complexity index is 316. The van der Waals surface area contributed by atoms with Crippen molar-refractivity contribution in [2.24, 2.45) is 0 Å². The first-order valence-corrected chi connectivity index (χ1v) is 4.82. The lowest BCUT2D eigenvalue weighted by atomic mass is 10.2. The summed E-state index contributed by atoms with van der Waals surface area (Å²) < 4.78 is 0. The van der Waals surface area contributed by atoms with Crippen molar-refractivity contribution in [3.8, 4) is 0 Å². The number of nitrogens with two attached hydrogens (primary N) is 1. The maximum atomic E-state index is 5.74. The molecule has 0 saturated heterocycles. The van der Waals surface area contributed by atoms with Crippen molar-refractivity contribution in [1.29, 1.82) is 0 Å². The highest BCUT2D eigenvalue weighted by molar-refractivity contribution is 5.56. The van der Waals surface area contributed by atoms with Gasteiger partial charge in [-0.15, -0.1) is 0 Å². The van der Waals surface area contributed by atoms with Crippen LogP contribution < -0.4 is 11.1 Å². The van der Waals surface area contributed by atoms with Crippen molar-refractivity contribution >= 4 is 11.4 Å². The minimum absolute atomic E-state index is 0.810. The minimum atomic E-state index is 0.810. The highest BCUT2D eigenvalue weighted by atomic mass is 14.9. The minimum Gasteiger partial charge on any atom is -0.399 e. The van der Waals surface area contributed by atoms with E-state index in [0.717, 1.165) is 17.9 Å². The van der Waals surface area contributed by atoms with Gasteiger partial charge in [-0.05, 0) is 44.5 Å². The Morgan fingerprint density at radius 1 is 1.36 bits per heavy atom. The summed E-state index contributed by atoms with van der Waals surface area (Å²) >= 11 is 0. The van der Waals surface area contributed by atoms with Gasteiger partial charge in [0, 0.05) is 17.9 Å². The van der Waals surface area contributed by atoms with Gasteiger partial charge in [0.15, 0.2) is 0 Å². The Kier molecular flexibility index (Phi) is 3.57. The maximum Gasteiger partial charge on any atom is 0.0365 e. The van der Waals surface area contributed by atoms with Crippen LogP contribution in [-0.2, 0) is 0 Å². The standard InChI is InChI=1S/C12H18N2/c1-9(2)4-5-14-12-7-10(3)6-11(13)8-12/h4,6-8,14H,5,13H2,1-3H3. The average molecular weight is 190 g/mol. The Labute approximate surface area is 85.8 Å². The number of hydrogen-bond acceptors (Lipinski definition) is 2. The molecule has 2 nitrogen and oxygen atoms in total. The molecule has 0 radical (unpaired) electrons. The summed E-state index contributed by atoms with van der Waals surface area (Å²) in [5, 5.41) is 3.30. The summed E-state index contributed by atoms with van der Waals surface area (Å²) in [7, 11) is 0. The first kappa shape index (κ1) is 10.6. The summed E-state index contributed by atoms with van der Waals surface area (Å²) in [6.07, 6.45) is 2.15. The third-order valence-electron chi connectivity index (χ3n) is 1.92. The van der Waals surface area contributed by atoms with E-state index in [-0.39, 0.29) is 0 Å². The molecule has 0 heterocycles. The lowest BCUT2D eigenvalue weighted by molar-refractivity contribution is 1.26. The van der Waals surface area contributed by atoms with E-state index >= 15 is 0 Å². The van der Waals surface area contributed by atoms with Crippen molar-refractivity contribution < 1.29 is 0 Å². The molecule has 1 aromatic rings. The van der Waals surface area contributed by atoms with Crippen molar-refractivity contribution in [1.82, 2.24) is 0 Å². The molecule has 0 bridgehead atoms. The number of nitrogen functional groups attached to an aromatic ring is 1. The van der Waals surface area contributed by atoms with Gasteiger partial charge in [0.1, 0.15) is 0 Å². The smallest absolute Gasteiger partial charge is 0.0365 e. The van der Waals surface area contributed by atoms with Crippen molar-refractivity contribution in [2.45, 2.75) is 20.8 Å². The predicted molar refractivity (Wildman–Crippen MR) is 63.5 cm³/mol. The molecule has 0 aromatic heterocycles. The fourth-order valence-corrected chi connectivity index (χ4v) is 1.29. The Balaban J connectivity index is 2.63. The van der Waals surface area contributed by atoms with E-state index in [1.807, 2.05) is 19.1 Å². The van der Waals surface area contributed by atoms with Gasteiger partial charge in [-0.1, -0.05) is 11.6 Å². The van der Waals surface area contributed by atoms with Crippen LogP contribution in [0, 0.1) is 6.92 Å². The summed E-state index contributed by atoms with van der Waals surface area (Å²) in [5.74, 6) is 0. The quantitative estimate of drug-likeness (QED) is 0.568. The molecule has 1 rings (SSSR count). The third-order valence-corrected chi connectivity index (χ3v) is 1.92. The van der Waals surface area contributed by atoms with Crippen LogP contribution in [0.2, 0.25) is 0 Å². The molecular formula is C12H18N2. The van der Waals surface area contributed by atoms with Crippen LogP contribution in [0.15, 0.2) is 29.8 Å². The predicted octanol–water partition coefficient (Wildman–Crippen LogP) is 2.96. The van der Waals surface area contributed by atoms with Crippen LogP contribution in [0.4, 0.5) is 11.4 Å². The number of nitrogens with one attached hydrogen (secondary N) is 1. The lowest BCUT2D eigenvalue weighted by Gasteiger charge is -2.06. The van der Waals surface area contributed by atoms with Gasteiger partial charge in [0.25, 0.3) is 0 Å². The van der Waals surface area contributed by atoms with E-state index in [1.165, 1.54) is 11.1 Å². The molecule has 0 saturated carbocycles. The Hall–Kier alpha value is -1.44. The van der Waals surface area contributed by atoms with Gasteiger partial charge < -0.3 is 11.1 Å². The number of rotatable bonds is 3. The van der Waals surface area contributed by atoms with E-state index in [2.05, 4.69) is 31.3 Å². The molecule has 0 fully saturated rings.